The van der Waals surface area contributed by atoms with E-state index in [1.807, 2.05) is 0 Å². The van der Waals surface area contributed by atoms with E-state index in [2.05, 4.69) is 5.32 Å². The standard InChI is InChI=1S/C21H19N3O7/c1-29-16-8-9-18(19(12-16)30-2)22-20(25)17-7-4-10-23(21(17)26)31-13-14-5-3-6-15(11-14)24(27)28/h3-12H,13H2,1-2H3,(H,22,25). The Bertz CT molecular complexity index is 1170. The van der Waals surface area contributed by atoms with E-state index in [1.54, 1.807) is 24.3 Å². The van der Waals surface area contributed by atoms with Crippen LogP contribution in [0.2, 0.25) is 0 Å². The van der Waals surface area contributed by atoms with Crippen LogP contribution < -0.4 is 25.2 Å². The van der Waals surface area contributed by atoms with Crippen LogP contribution in [0.1, 0.15) is 15.9 Å². The van der Waals surface area contributed by atoms with Gasteiger partial charge in [0, 0.05) is 24.4 Å². The normalized spacial score (nSPS) is 10.3. The van der Waals surface area contributed by atoms with Crippen molar-refractivity contribution >= 4 is 17.3 Å². The highest BCUT2D eigenvalue weighted by Crippen LogP contribution is 2.29. The molecule has 3 rings (SSSR count). The lowest BCUT2D eigenvalue weighted by molar-refractivity contribution is -0.384. The van der Waals surface area contributed by atoms with Gasteiger partial charge in [0.1, 0.15) is 23.7 Å². The largest absolute Gasteiger partial charge is 0.497 e. The van der Waals surface area contributed by atoms with Gasteiger partial charge in [0.15, 0.2) is 0 Å². The number of anilines is 1. The molecule has 160 valence electrons. The number of hydrogen-bond acceptors (Lipinski definition) is 7. The van der Waals surface area contributed by atoms with Gasteiger partial charge in [-0.05, 0) is 29.8 Å². The van der Waals surface area contributed by atoms with E-state index in [-0.39, 0.29) is 17.9 Å². The molecule has 10 nitrogen and oxygen atoms in total. The van der Waals surface area contributed by atoms with Crippen LogP contribution >= 0.6 is 0 Å². The highest BCUT2D eigenvalue weighted by atomic mass is 16.7. The predicted molar refractivity (Wildman–Crippen MR) is 112 cm³/mol. The molecule has 10 heteroatoms. The fraction of sp³-hybridized carbons (Fsp3) is 0.143. The molecule has 0 aliphatic carbocycles. The molecule has 3 aromatic rings. The number of hydrogen-bond donors (Lipinski definition) is 1. The predicted octanol–water partition coefficient (Wildman–Crippen LogP) is 2.65. The number of methoxy groups -OCH3 is 2. The second-order valence-electron chi connectivity index (χ2n) is 6.27. The second-order valence-corrected chi connectivity index (χ2v) is 6.27. The number of carbonyl (C=O) groups excluding carboxylic acids is 1. The maximum absolute atomic E-state index is 12.7. The number of non-ortho nitro benzene ring substituents is 1. The highest BCUT2D eigenvalue weighted by Gasteiger charge is 2.16. The third-order valence-corrected chi connectivity index (χ3v) is 4.31. The summed E-state index contributed by atoms with van der Waals surface area (Å²) >= 11 is 0. The van der Waals surface area contributed by atoms with Gasteiger partial charge >= 0.3 is 0 Å². The molecule has 0 atom stereocenters. The number of benzene rings is 2. The van der Waals surface area contributed by atoms with Crippen molar-refractivity contribution in [2.45, 2.75) is 6.61 Å². The van der Waals surface area contributed by atoms with Crippen LogP contribution in [-0.4, -0.2) is 29.8 Å². The Morgan fingerprint density at radius 2 is 1.90 bits per heavy atom. The summed E-state index contributed by atoms with van der Waals surface area (Å²) < 4.78 is 11.3. The molecule has 0 saturated carbocycles. The van der Waals surface area contributed by atoms with Crippen molar-refractivity contribution < 1.29 is 24.0 Å². The first-order chi connectivity index (χ1) is 14.9. The van der Waals surface area contributed by atoms with E-state index >= 15 is 0 Å². The van der Waals surface area contributed by atoms with Crippen LogP contribution in [0.3, 0.4) is 0 Å². The Morgan fingerprint density at radius 3 is 2.61 bits per heavy atom. The summed E-state index contributed by atoms with van der Waals surface area (Å²) in [4.78, 5) is 41.1. The third kappa shape index (κ3) is 4.99. The van der Waals surface area contributed by atoms with Crippen molar-refractivity contribution in [2.75, 3.05) is 19.5 Å². The number of nitro groups is 1. The summed E-state index contributed by atoms with van der Waals surface area (Å²) in [6.45, 7) is -0.0983. The average molecular weight is 425 g/mol. The van der Waals surface area contributed by atoms with Crippen LogP contribution in [0.15, 0.2) is 65.6 Å². The average Bonchev–Trinajstić information content (AvgIpc) is 2.78. The number of pyridine rings is 1. The maximum atomic E-state index is 12.7. The van der Waals surface area contributed by atoms with Crippen molar-refractivity contribution in [1.29, 1.82) is 0 Å². The Hall–Kier alpha value is -4.34. The van der Waals surface area contributed by atoms with Gasteiger partial charge in [0.05, 0.1) is 24.8 Å². The van der Waals surface area contributed by atoms with E-state index in [0.717, 1.165) is 4.73 Å². The monoisotopic (exact) mass is 425 g/mol. The van der Waals surface area contributed by atoms with Crippen molar-refractivity contribution in [3.63, 3.8) is 0 Å². The van der Waals surface area contributed by atoms with Crippen LogP contribution in [0.4, 0.5) is 11.4 Å². The quantitative estimate of drug-likeness (QED) is 0.435. The van der Waals surface area contributed by atoms with Crippen LogP contribution in [0, 0.1) is 10.1 Å². The summed E-state index contributed by atoms with van der Waals surface area (Å²) in [6, 6.07) is 13.5. The number of ether oxygens (including phenoxy) is 2. The summed E-state index contributed by atoms with van der Waals surface area (Å²) in [5.74, 6) is 0.263. The Morgan fingerprint density at radius 1 is 1.10 bits per heavy atom. The zero-order valence-corrected chi connectivity index (χ0v) is 16.7. The van der Waals surface area contributed by atoms with Gasteiger partial charge in [-0.2, -0.15) is 4.73 Å². The van der Waals surface area contributed by atoms with Gasteiger partial charge in [0.25, 0.3) is 17.2 Å². The van der Waals surface area contributed by atoms with E-state index in [1.165, 1.54) is 50.7 Å². The van der Waals surface area contributed by atoms with E-state index < -0.39 is 16.4 Å². The first-order valence-corrected chi connectivity index (χ1v) is 9.04. The van der Waals surface area contributed by atoms with E-state index in [0.29, 0.717) is 22.7 Å². The number of nitrogens with zero attached hydrogens (tertiary/aromatic N) is 2. The third-order valence-electron chi connectivity index (χ3n) is 4.31. The second kappa shape index (κ2) is 9.44. The van der Waals surface area contributed by atoms with Crippen LogP contribution in [0.5, 0.6) is 11.5 Å². The highest BCUT2D eigenvalue weighted by molar-refractivity contribution is 6.04. The van der Waals surface area contributed by atoms with Crippen molar-refractivity contribution in [3.05, 3.63) is 92.4 Å². The lowest BCUT2D eigenvalue weighted by Gasteiger charge is -2.12. The molecule has 1 heterocycles. The molecule has 0 saturated heterocycles. The summed E-state index contributed by atoms with van der Waals surface area (Å²) in [5, 5.41) is 13.5. The fourth-order valence-corrected chi connectivity index (χ4v) is 2.74. The zero-order chi connectivity index (χ0) is 22.4. The van der Waals surface area contributed by atoms with Gasteiger partial charge in [-0.15, -0.1) is 0 Å². The number of carbonyl (C=O) groups is 1. The lowest BCUT2D eigenvalue weighted by Crippen LogP contribution is -2.32. The van der Waals surface area contributed by atoms with Gasteiger partial charge in [-0.25, -0.2) is 0 Å². The molecule has 0 aliphatic heterocycles. The molecule has 0 aliphatic rings. The number of nitro benzene ring substituents is 1. The van der Waals surface area contributed by atoms with Crippen LogP contribution in [0.25, 0.3) is 0 Å². The molecule has 0 bridgehead atoms. The number of nitrogens with one attached hydrogen (secondary N) is 1. The molecule has 1 amide bonds. The van der Waals surface area contributed by atoms with Crippen molar-refractivity contribution in [1.82, 2.24) is 4.73 Å². The van der Waals surface area contributed by atoms with Gasteiger partial charge in [-0.3, -0.25) is 19.7 Å². The minimum absolute atomic E-state index is 0.0879. The SMILES string of the molecule is COc1ccc(NC(=O)c2cccn(OCc3cccc([N+](=O)[O-])c3)c2=O)c(OC)c1. The molecular formula is C21H19N3O7. The Kier molecular flexibility index (Phi) is 6.51. The summed E-state index contributed by atoms with van der Waals surface area (Å²) in [6.07, 6.45) is 1.35. The Balaban J connectivity index is 1.77. The summed E-state index contributed by atoms with van der Waals surface area (Å²) in [5.41, 5.74) is -0.0631. The molecular weight excluding hydrogens is 406 g/mol. The smallest absolute Gasteiger partial charge is 0.295 e. The molecule has 0 spiro atoms. The number of aromatic nitrogens is 1. The maximum Gasteiger partial charge on any atom is 0.295 e. The molecule has 1 aromatic heterocycles. The summed E-state index contributed by atoms with van der Waals surface area (Å²) in [7, 11) is 2.95. The fourth-order valence-electron chi connectivity index (χ4n) is 2.74. The molecule has 2 aromatic carbocycles. The number of amides is 1. The first kappa shape index (κ1) is 21.4. The van der Waals surface area contributed by atoms with Gasteiger partial charge in [-0.1, -0.05) is 12.1 Å². The Labute approximate surface area is 176 Å². The van der Waals surface area contributed by atoms with E-state index in [9.17, 15) is 19.7 Å². The number of rotatable bonds is 8. The topological polar surface area (TPSA) is 122 Å². The zero-order valence-electron chi connectivity index (χ0n) is 16.7. The molecule has 0 unspecified atom stereocenters. The van der Waals surface area contributed by atoms with E-state index in [4.69, 9.17) is 14.3 Å². The van der Waals surface area contributed by atoms with Gasteiger partial charge in [0.2, 0.25) is 0 Å². The molecule has 0 fully saturated rings. The van der Waals surface area contributed by atoms with Crippen molar-refractivity contribution in [2.24, 2.45) is 0 Å². The molecule has 1 N–H and O–H groups in total. The molecule has 31 heavy (non-hydrogen) atoms. The van der Waals surface area contributed by atoms with Gasteiger partial charge < -0.3 is 19.6 Å². The minimum atomic E-state index is -0.682. The molecule has 0 radical (unpaired) electrons. The van der Waals surface area contributed by atoms with Crippen molar-refractivity contribution in [3.8, 4) is 11.5 Å². The lowest BCUT2D eigenvalue weighted by atomic mass is 10.2. The van der Waals surface area contributed by atoms with Crippen LogP contribution in [-0.2, 0) is 6.61 Å². The first-order valence-electron chi connectivity index (χ1n) is 9.04. The minimum Gasteiger partial charge on any atom is -0.497 e.